The number of hydrogen-bond acceptors (Lipinski definition) is 8. The summed E-state index contributed by atoms with van der Waals surface area (Å²) in [5.41, 5.74) is 0. The standard InChI is InChI=1S/2C18H34O4/c2*1-4-5-6-7-8-9-10-11-12-13-15-16(19)17(20)18(22-15)14(2)21-3/h2*4,14-20H,1,5-13H2,2-3H3. The lowest BCUT2D eigenvalue weighted by Gasteiger charge is -2.20. The number of ether oxygens (including phenoxy) is 4. The van der Waals surface area contributed by atoms with E-state index in [9.17, 15) is 20.4 Å². The van der Waals surface area contributed by atoms with Gasteiger partial charge in [-0.3, -0.25) is 0 Å². The van der Waals surface area contributed by atoms with Crippen molar-refractivity contribution in [3.05, 3.63) is 25.3 Å². The van der Waals surface area contributed by atoms with Crippen molar-refractivity contribution in [2.24, 2.45) is 0 Å². The van der Waals surface area contributed by atoms with Crippen LogP contribution >= 0.6 is 0 Å². The van der Waals surface area contributed by atoms with Crippen molar-refractivity contribution in [1.29, 1.82) is 0 Å². The Morgan fingerprint density at radius 1 is 0.523 bits per heavy atom. The zero-order chi connectivity index (χ0) is 32.7. The van der Waals surface area contributed by atoms with Crippen LogP contribution in [0.3, 0.4) is 0 Å². The van der Waals surface area contributed by atoms with Gasteiger partial charge in [0.1, 0.15) is 36.6 Å². The summed E-state index contributed by atoms with van der Waals surface area (Å²) < 4.78 is 21.9. The molecule has 44 heavy (non-hydrogen) atoms. The van der Waals surface area contributed by atoms with Crippen LogP contribution in [0.5, 0.6) is 0 Å². The molecule has 2 aliphatic rings. The Morgan fingerprint density at radius 3 is 1.11 bits per heavy atom. The lowest BCUT2D eigenvalue weighted by molar-refractivity contribution is -0.0744. The summed E-state index contributed by atoms with van der Waals surface area (Å²) in [6.45, 7) is 11.2. The molecule has 0 radical (unpaired) electrons. The number of rotatable bonds is 24. The molecule has 2 fully saturated rings. The highest BCUT2D eigenvalue weighted by molar-refractivity contribution is 4.94. The monoisotopic (exact) mass is 628 g/mol. The topological polar surface area (TPSA) is 118 Å². The number of aliphatic hydroxyl groups is 4. The number of aliphatic hydroxyl groups excluding tert-OH is 4. The Morgan fingerprint density at radius 2 is 0.818 bits per heavy atom. The molecule has 0 aromatic heterocycles. The van der Waals surface area contributed by atoms with Gasteiger partial charge in [-0.25, -0.2) is 0 Å². The van der Waals surface area contributed by atoms with E-state index in [2.05, 4.69) is 13.2 Å². The summed E-state index contributed by atoms with van der Waals surface area (Å²) in [5.74, 6) is 0. The van der Waals surface area contributed by atoms with E-state index < -0.39 is 36.6 Å². The van der Waals surface area contributed by atoms with Gasteiger partial charge in [-0.05, 0) is 52.4 Å². The van der Waals surface area contributed by atoms with Crippen molar-refractivity contribution < 1.29 is 39.4 Å². The second-order valence-corrected chi connectivity index (χ2v) is 12.8. The van der Waals surface area contributed by atoms with Gasteiger partial charge in [0.05, 0.1) is 24.4 Å². The smallest absolute Gasteiger partial charge is 0.112 e. The molecule has 2 heterocycles. The molecule has 0 aromatic carbocycles. The van der Waals surface area contributed by atoms with Gasteiger partial charge < -0.3 is 39.4 Å². The third kappa shape index (κ3) is 15.6. The lowest BCUT2D eigenvalue weighted by Crippen LogP contribution is -2.38. The SMILES string of the molecule is C=CCCCCCCCCCC1OC(C(C)OC)C(O)C1O.C=CCCCCCCCCCC1OC(C(C)OC)C(O)C1O. The Balaban J connectivity index is 0.000000440. The van der Waals surface area contributed by atoms with Crippen LogP contribution in [0.1, 0.15) is 129 Å². The Kier molecular flexibility index (Phi) is 23.7. The van der Waals surface area contributed by atoms with E-state index in [-0.39, 0.29) is 24.4 Å². The van der Waals surface area contributed by atoms with E-state index in [1.54, 1.807) is 14.2 Å². The van der Waals surface area contributed by atoms with Crippen molar-refractivity contribution in [3.63, 3.8) is 0 Å². The molecule has 0 bridgehead atoms. The lowest BCUT2D eigenvalue weighted by atomic mass is 10.0. The van der Waals surface area contributed by atoms with E-state index in [1.165, 1.54) is 64.2 Å². The number of allylic oxidation sites excluding steroid dienone is 2. The maximum atomic E-state index is 10.1. The average Bonchev–Trinajstić information content (AvgIpc) is 3.48. The summed E-state index contributed by atoms with van der Waals surface area (Å²) >= 11 is 0. The molecule has 2 rings (SSSR count). The van der Waals surface area contributed by atoms with Gasteiger partial charge in [0.2, 0.25) is 0 Å². The Bertz CT molecular complexity index is 648. The predicted octanol–water partition coefficient (Wildman–Crippen LogP) is 6.41. The first kappa shape index (κ1) is 41.2. The fourth-order valence-corrected chi connectivity index (χ4v) is 6.11. The highest BCUT2D eigenvalue weighted by Crippen LogP contribution is 2.29. The molecule has 8 heteroatoms. The molecule has 10 unspecified atom stereocenters. The summed E-state index contributed by atoms with van der Waals surface area (Å²) in [5, 5.41) is 40.1. The van der Waals surface area contributed by atoms with E-state index in [0.29, 0.717) is 0 Å². The Hall–Kier alpha value is -0.840. The summed E-state index contributed by atoms with van der Waals surface area (Å²) in [6.07, 6.45) is 19.9. The summed E-state index contributed by atoms with van der Waals surface area (Å²) in [7, 11) is 3.19. The van der Waals surface area contributed by atoms with Crippen molar-refractivity contribution >= 4 is 0 Å². The average molecular weight is 629 g/mol. The number of hydrogen-bond donors (Lipinski definition) is 4. The molecule has 2 aliphatic heterocycles. The van der Waals surface area contributed by atoms with Crippen molar-refractivity contribution in [1.82, 2.24) is 0 Å². The highest BCUT2D eigenvalue weighted by atomic mass is 16.6. The third-order valence-corrected chi connectivity index (χ3v) is 9.26. The van der Waals surface area contributed by atoms with Gasteiger partial charge >= 0.3 is 0 Å². The quantitative estimate of drug-likeness (QED) is 0.0715. The van der Waals surface area contributed by atoms with Crippen molar-refractivity contribution in [2.75, 3.05) is 14.2 Å². The minimum atomic E-state index is -0.843. The maximum Gasteiger partial charge on any atom is 0.112 e. The molecule has 0 amide bonds. The highest BCUT2D eigenvalue weighted by Gasteiger charge is 2.45. The van der Waals surface area contributed by atoms with Gasteiger partial charge in [-0.1, -0.05) is 89.2 Å². The van der Waals surface area contributed by atoms with Crippen molar-refractivity contribution in [3.8, 4) is 0 Å². The minimum absolute atomic E-state index is 0.204. The van der Waals surface area contributed by atoms with Gasteiger partial charge in [0.25, 0.3) is 0 Å². The zero-order valence-electron chi connectivity index (χ0n) is 28.5. The molecule has 0 saturated carbocycles. The molecule has 0 aromatic rings. The molecule has 0 spiro atoms. The maximum absolute atomic E-state index is 10.1. The molecular weight excluding hydrogens is 560 g/mol. The van der Waals surface area contributed by atoms with Crippen molar-refractivity contribution in [2.45, 2.75) is 190 Å². The number of methoxy groups -OCH3 is 2. The fraction of sp³-hybridized carbons (Fsp3) is 0.889. The Labute approximate surface area is 269 Å². The molecule has 260 valence electrons. The van der Waals surface area contributed by atoms with Gasteiger partial charge in [0.15, 0.2) is 0 Å². The largest absolute Gasteiger partial charge is 0.388 e. The van der Waals surface area contributed by atoms with Gasteiger partial charge in [-0.15, -0.1) is 13.2 Å². The predicted molar refractivity (Wildman–Crippen MR) is 178 cm³/mol. The van der Waals surface area contributed by atoms with Crippen LogP contribution in [-0.2, 0) is 18.9 Å². The van der Waals surface area contributed by atoms with E-state index >= 15 is 0 Å². The first-order chi connectivity index (χ1) is 21.2. The van der Waals surface area contributed by atoms with Crippen LogP contribution in [0.15, 0.2) is 25.3 Å². The molecule has 10 atom stereocenters. The summed E-state index contributed by atoms with van der Waals surface area (Å²) in [6, 6.07) is 0. The second-order valence-electron chi connectivity index (χ2n) is 12.8. The fourth-order valence-electron chi connectivity index (χ4n) is 6.11. The van der Waals surface area contributed by atoms with Gasteiger partial charge in [-0.2, -0.15) is 0 Å². The minimum Gasteiger partial charge on any atom is -0.388 e. The van der Waals surface area contributed by atoms with Crippen LogP contribution in [-0.4, -0.2) is 95.7 Å². The summed E-state index contributed by atoms with van der Waals surface area (Å²) in [4.78, 5) is 0. The molecule has 2 saturated heterocycles. The van der Waals surface area contributed by atoms with Crippen LogP contribution in [0.2, 0.25) is 0 Å². The van der Waals surface area contributed by atoms with Crippen LogP contribution in [0.4, 0.5) is 0 Å². The molecule has 8 nitrogen and oxygen atoms in total. The van der Waals surface area contributed by atoms with Gasteiger partial charge in [0, 0.05) is 14.2 Å². The van der Waals surface area contributed by atoms with E-state index in [4.69, 9.17) is 18.9 Å². The third-order valence-electron chi connectivity index (χ3n) is 9.26. The molecule has 4 N–H and O–H groups in total. The molecule has 0 aliphatic carbocycles. The first-order valence-corrected chi connectivity index (χ1v) is 17.5. The normalized spacial score (nSPS) is 29.6. The second kappa shape index (κ2) is 25.3. The van der Waals surface area contributed by atoms with Crippen LogP contribution < -0.4 is 0 Å². The van der Waals surface area contributed by atoms with E-state index in [1.807, 2.05) is 26.0 Å². The van der Waals surface area contributed by atoms with Crippen LogP contribution in [0, 0.1) is 0 Å². The van der Waals surface area contributed by atoms with E-state index in [0.717, 1.165) is 51.4 Å². The van der Waals surface area contributed by atoms with Crippen LogP contribution in [0.25, 0.3) is 0 Å². The zero-order valence-corrected chi connectivity index (χ0v) is 28.5. The molecular formula is C36H68O8. The first-order valence-electron chi connectivity index (χ1n) is 17.5. The number of unbranched alkanes of at least 4 members (excludes halogenated alkanes) is 14.